The molecule has 9 nitrogen and oxygen atoms in total. The minimum atomic E-state index is 0.622. The van der Waals surface area contributed by atoms with Gasteiger partial charge in [-0.2, -0.15) is 0 Å². The topological polar surface area (TPSA) is 59.1 Å². The molecular weight excluding hydrogens is 448 g/mol. The zero-order valence-electron chi connectivity index (χ0n) is 23.4. The lowest BCUT2D eigenvalue weighted by atomic mass is 10.4. The summed E-state index contributed by atoms with van der Waals surface area (Å²) in [5, 5.41) is 0. The van der Waals surface area contributed by atoms with Gasteiger partial charge in [0.25, 0.3) is 0 Å². The highest BCUT2D eigenvalue weighted by Gasteiger charge is 2.09. The SMILES string of the molecule is CCN1CCOCCOCCOCCN(CC)CCN(CC)CCOCCOCCN(CC)CC1. The van der Waals surface area contributed by atoms with Gasteiger partial charge in [-0.05, 0) is 26.2 Å². The lowest BCUT2D eigenvalue weighted by molar-refractivity contribution is 0.00683. The average Bonchev–Trinajstić information content (AvgIpc) is 2.88. The third kappa shape index (κ3) is 18.5. The van der Waals surface area contributed by atoms with Gasteiger partial charge >= 0.3 is 0 Å². The van der Waals surface area contributed by atoms with Crippen LogP contribution < -0.4 is 0 Å². The van der Waals surface area contributed by atoms with Crippen LogP contribution in [0, 0.1) is 0 Å². The molecule has 0 bridgehead atoms. The van der Waals surface area contributed by atoms with Gasteiger partial charge in [0, 0.05) is 52.4 Å². The molecule has 0 aromatic rings. The minimum Gasteiger partial charge on any atom is -0.378 e. The van der Waals surface area contributed by atoms with Gasteiger partial charge in [-0.15, -0.1) is 0 Å². The molecule has 1 rings (SSSR count). The van der Waals surface area contributed by atoms with Crippen molar-refractivity contribution in [3.63, 3.8) is 0 Å². The Bertz CT molecular complexity index is 412. The van der Waals surface area contributed by atoms with Crippen LogP contribution in [-0.4, -0.2) is 164 Å². The van der Waals surface area contributed by atoms with Crippen LogP contribution >= 0.6 is 0 Å². The first-order chi connectivity index (χ1) is 17.2. The van der Waals surface area contributed by atoms with Crippen molar-refractivity contribution in [1.82, 2.24) is 19.6 Å². The maximum Gasteiger partial charge on any atom is 0.0701 e. The molecule has 9 heteroatoms. The molecule has 0 N–H and O–H groups in total. The summed E-state index contributed by atoms with van der Waals surface area (Å²) in [6, 6.07) is 0. The Hall–Kier alpha value is -0.360. The largest absolute Gasteiger partial charge is 0.378 e. The Balaban J connectivity index is 2.42. The molecular formula is C26H56N4O5. The van der Waals surface area contributed by atoms with Gasteiger partial charge < -0.3 is 43.3 Å². The van der Waals surface area contributed by atoms with Gasteiger partial charge in [0.1, 0.15) is 0 Å². The molecule has 1 heterocycles. The summed E-state index contributed by atoms with van der Waals surface area (Å²) in [7, 11) is 0. The minimum absolute atomic E-state index is 0.622. The first kappa shape index (κ1) is 32.7. The van der Waals surface area contributed by atoms with Crippen molar-refractivity contribution >= 4 is 0 Å². The van der Waals surface area contributed by atoms with Crippen LogP contribution in [0.1, 0.15) is 27.7 Å². The van der Waals surface area contributed by atoms with E-state index >= 15 is 0 Å². The van der Waals surface area contributed by atoms with Crippen LogP contribution in [-0.2, 0) is 23.7 Å². The number of hydrogen-bond acceptors (Lipinski definition) is 9. The summed E-state index contributed by atoms with van der Waals surface area (Å²) in [6.45, 7) is 27.9. The fourth-order valence-electron chi connectivity index (χ4n) is 3.92. The van der Waals surface area contributed by atoms with Crippen LogP contribution in [0.5, 0.6) is 0 Å². The lowest BCUT2D eigenvalue weighted by Gasteiger charge is -2.26. The van der Waals surface area contributed by atoms with Crippen molar-refractivity contribution in [1.29, 1.82) is 0 Å². The van der Waals surface area contributed by atoms with E-state index in [4.69, 9.17) is 23.7 Å². The molecule has 0 radical (unpaired) electrons. The summed E-state index contributed by atoms with van der Waals surface area (Å²) in [4.78, 5) is 9.78. The highest BCUT2D eigenvalue weighted by atomic mass is 16.5. The third-order valence-corrected chi connectivity index (χ3v) is 6.58. The lowest BCUT2D eigenvalue weighted by Crippen LogP contribution is -2.38. The van der Waals surface area contributed by atoms with E-state index < -0.39 is 0 Å². The first-order valence-electron chi connectivity index (χ1n) is 14.0. The Morgan fingerprint density at radius 2 is 0.514 bits per heavy atom. The summed E-state index contributed by atoms with van der Waals surface area (Å²) < 4.78 is 28.9. The Morgan fingerprint density at radius 1 is 0.314 bits per heavy atom. The standard InChI is InChI=1S/C26H56N4O5/c1-5-27-9-11-29(7-3)15-19-33-23-25-35-26-24-34-20-16-30(8-4)12-10-28(6-2)14-18-32-22-21-31-17-13-27/h5-26H2,1-4H3. The van der Waals surface area contributed by atoms with Crippen LogP contribution in [0.25, 0.3) is 0 Å². The molecule has 0 unspecified atom stereocenters. The second-order valence-electron chi connectivity index (χ2n) is 8.80. The smallest absolute Gasteiger partial charge is 0.0701 e. The molecule has 1 aliphatic heterocycles. The van der Waals surface area contributed by atoms with Gasteiger partial charge in [0.15, 0.2) is 0 Å². The molecule has 1 fully saturated rings. The van der Waals surface area contributed by atoms with Crippen molar-refractivity contribution in [2.75, 3.05) is 145 Å². The summed E-state index contributed by atoms with van der Waals surface area (Å²) in [5.74, 6) is 0. The summed E-state index contributed by atoms with van der Waals surface area (Å²) >= 11 is 0. The Morgan fingerprint density at radius 3 is 0.714 bits per heavy atom. The fourth-order valence-corrected chi connectivity index (χ4v) is 3.92. The zero-order valence-corrected chi connectivity index (χ0v) is 23.4. The second-order valence-corrected chi connectivity index (χ2v) is 8.80. The zero-order chi connectivity index (χ0) is 25.4. The van der Waals surface area contributed by atoms with E-state index in [0.717, 1.165) is 105 Å². The molecule has 1 aliphatic rings. The summed E-state index contributed by atoms with van der Waals surface area (Å²) in [6.07, 6.45) is 0. The number of rotatable bonds is 4. The first-order valence-corrected chi connectivity index (χ1v) is 14.0. The molecule has 0 atom stereocenters. The van der Waals surface area contributed by atoms with E-state index in [1.54, 1.807) is 0 Å². The van der Waals surface area contributed by atoms with Gasteiger partial charge in [0.05, 0.1) is 66.1 Å². The number of likely N-dealkylation sites (N-methyl/N-ethyl adjacent to an activating group) is 4. The molecule has 0 aromatic carbocycles. The van der Waals surface area contributed by atoms with Gasteiger partial charge in [-0.25, -0.2) is 0 Å². The van der Waals surface area contributed by atoms with Crippen molar-refractivity contribution in [2.45, 2.75) is 27.7 Å². The molecule has 0 amide bonds. The molecule has 35 heavy (non-hydrogen) atoms. The van der Waals surface area contributed by atoms with Gasteiger partial charge in [-0.3, -0.25) is 0 Å². The molecule has 210 valence electrons. The Kier molecular flexibility index (Phi) is 22.4. The quantitative estimate of drug-likeness (QED) is 0.565. The van der Waals surface area contributed by atoms with Crippen LogP contribution in [0.4, 0.5) is 0 Å². The van der Waals surface area contributed by atoms with Crippen molar-refractivity contribution in [3.8, 4) is 0 Å². The monoisotopic (exact) mass is 504 g/mol. The molecule has 1 saturated heterocycles. The highest BCUT2D eigenvalue weighted by Crippen LogP contribution is 1.96. The molecule has 0 saturated carbocycles. The van der Waals surface area contributed by atoms with E-state index in [2.05, 4.69) is 47.3 Å². The van der Waals surface area contributed by atoms with Gasteiger partial charge in [-0.1, -0.05) is 27.7 Å². The molecule has 0 aliphatic carbocycles. The average molecular weight is 505 g/mol. The Labute approximate surface area is 215 Å². The van der Waals surface area contributed by atoms with Crippen molar-refractivity contribution in [3.05, 3.63) is 0 Å². The third-order valence-electron chi connectivity index (χ3n) is 6.58. The van der Waals surface area contributed by atoms with Gasteiger partial charge in [0.2, 0.25) is 0 Å². The van der Waals surface area contributed by atoms with E-state index in [1.807, 2.05) is 0 Å². The predicted octanol–water partition coefficient (Wildman–Crippen LogP) is 1.37. The van der Waals surface area contributed by atoms with E-state index in [9.17, 15) is 0 Å². The summed E-state index contributed by atoms with van der Waals surface area (Å²) in [5.41, 5.74) is 0. The maximum absolute atomic E-state index is 5.83. The van der Waals surface area contributed by atoms with Crippen LogP contribution in [0.3, 0.4) is 0 Å². The maximum atomic E-state index is 5.83. The normalized spacial score (nSPS) is 23.7. The highest BCUT2D eigenvalue weighted by molar-refractivity contribution is 4.63. The van der Waals surface area contributed by atoms with E-state index in [-0.39, 0.29) is 0 Å². The second kappa shape index (κ2) is 24.0. The molecule has 0 spiro atoms. The predicted molar refractivity (Wildman–Crippen MR) is 143 cm³/mol. The van der Waals surface area contributed by atoms with E-state index in [1.165, 1.54) is 0 Å². The van der Waals surface area contributed by atoms with Crippen molar-refractivity contribution in [2.24, 2.45) is 0 Å². The number of nitrogens with zero attached hydrogens (tertiary/aromatic N) is 4. The molecule has 0 aromatic heterocycles. The van der Waals surface area contributed by atoms with Crippen LogP contribution in [0.2, 0.25) is 0 Å². The number of ether oxygens (including phenoxy) is 5. The number of hydrogen-bond donors (Lipinski definition) is 0. The van der Waals surface area contributed by atoms with Crippen LogP contribution in [0.15, 0.2) is 0 Å². The van der Waals surface area contributed by atoms with E-state index in [0.29, 0.717) is 39.6 Å². The fraction of sp³-hybridized carbons (Fsp3) is 1.00. The van der Waals surface area contributed by atoms with Crippen molar-refractivity contribution < 1.29 is 23.7 Å².